The Bertz CT molecular complexity index is 86.7. The molecule has 0 aliphatic rings. The molecule has 0 aliphatic heterocycles. The Morgan fingerprint density at radius 3 is 1.82 bits per heavy atom. The molecule has 4 N–H and O–H groups in total. The lowest BCUT2D eigenvalue weighted by Crippen LogP contribution is -2.39. The Balaban J connectivity index is 3.76. The van der Waals surface area contributed by atoms with E-state index in [4.69, 9.17) is 20.4 Å². The zero-order chi connectivity index (χ0) is 8.69. The van der Waals surface area contributed by atoms with Gasteiger partial charge in [0.05, 0.1) is 20.1 Å². The molecule has 0 aromatic carbocycles. The van der Waals surface area contributed by atoms with Crippen molar-refractivity contribution in [2.45, 2.75) is 12.5 Å². The molecule has 1 atom stereocenters. The van der Waals surface area contributed by atoms with E-state index in [0.29, 0.717) is 6.42 Å². The number of nitrogens with zero attached hydrogens (tertiary/aromatic N) is 1. The molecule has 0 saturated heterocycles. The maximum atomic E-state index is 8.71. The predicted octanol–water partition coefficient (Wildman–Crippen LogP) is -2.07. The first-order valence-corrected chi connectivity index (χ1v) is 3.47. The van der Waals surface area contributed by atoms with E-state index in [9.17, 15) is 0 Å². The summed E-state index contributed by atoms with van der Waals surface area (Å²) >= 11 is 0. The first-order chi connectivity index (χ1) is 5.29. The van der Waals surface area contributed by atoms with Crippen LogP contribution in [0.15, 0.2) is 0 Å². The Morgan fingerprint density at radius 2 is 1.55 bits per heavy atom. The minimum Gasteiger partial charge on any atom is -0.396 e. The number of aliphatic hydroxyl groups is 4. The fraction of sp³-hybridized carbons (Fsp3) is 1.00. The molecule has 0 aliphatic carbocycles. The van der Waals surface area contributed by atoms with Crippen LogP contribution in [0.4, 0.5) is 0 Å². The number of hydrogen-bond donors (Lipinski definition) is 4. The van der Waals surface area contributed by atoms with Crippen molar-refractivity contribution in [3.05, 3.63) is 0 Å². The van der Waals surface area contributed by atoms with Crippen LogP contribution in [0.2, 0.25) is 0 Å². The Labute approximate surface area is 65.5 Å². The maximum Gasteiger partial charge on any atom is 0.0977 e. The van der Waals surface area contributed by atoms with Gasteiger partial charge in [-0.05, 0) is 6.42 Å². The average Bonchev–Trinajstić information content (AvgIpc) is 2.05. The van der Waals surface area contributed by atoms with Crippen LogP contribution in [-0.4, -0.2) is 58.0 Å². The van der Waals surface area contributed by atoms with Crippen LogP contribution in [0.1, 0.15) is 6.42 Å². The molecular weight excluding hydrogens is 150 g/mol. The van der Waals surface area contributed by atoms with Gasteiger partial charge in [0, 0.05) is 12.6 Å². The highest BCUT2D eigenvalue weighted by Gasteiger charge is 2.14. The van der Waals surface area contributed by atoms with Gasteiger partial charge in [-0.15, -0.1) is 0 Å². The molecule has 0 aromatic rings. The number of hydrogen-bond acceptors (Lipinski definition) is 5. The third kappa shape index (κ3) is 3.64. The molecular formula is C6H15NO4. The standard InChI is InChI=1S/C6H15NO4/c8-2-1-6(3-9)7(4-10)5-11/h6,8-11H,1-5H2. The largest absolute Gasteiger partial charge is 0.396 e. The van der Waals surface area contributed by atoms with Gasteiger partial charge in [-0.1, -0.05) is 0 Å². The summed E-state index contributed by atoms with van der Waals surface area (Å²) in [5.41, 5.74) is 0. The van der Waals surface area contributed by atoms with E-state index in [1.165, 1.54) is 4.90 Å². The highest BCUT2D eigenvalue weighted by atomic mass is 16.3. The second kappa shape index (κ2) is 6.51. The lowest BCUT2D eigenvalue weighted by Gasteiger charge is -2.25. The monoisotopic (exact) mass is 165 g/mol. The lowest BCUT2D eigenvalue weighted by molar-refractivity contribution is -0.0263. The third-order valence-electron chi connectivity index (χ3n) is 1.55. The van der Waals surface area contributed by atoms with E-state index in [2.05, 4.69) is 0 Å². The fourth-order valence-corrected chi connectivity index (χ4v) is 0.814. The molecule has 0 aromatic heterocycles. The predicted molar refractivity (Wildman–Crippen MR) is 38.6 cm³/mol. The smallest absolute Gasteiger partial charge is 0.0977 e. The van der Waals surface area contributed by atoms with Crippen LogP contribution in [0.5, 0.6) is 0 Å². The van der Waals surface area contributed by atoms with E-state index in [1.807, 2.05) is 0 Å². The topological polar surface area (TPSA) is 84.2 Å². The van der Waals surface area contributed by atoms with Crippen molar-refractivity contribution in [2.24, 2.45) is 0 Å². The molecule has 0 spiro atoms. The quantitative estimate of drug-likeness (QED) is 0.340. The first-order valence-electron chi connectivity index (χ1n) is 3.47. The average molecular weight is 165 g/mol. The number of aliphatic hydroxyl groups excluding tert-OH is 4. The molecule has 1 unspecified atom stereocenters. The second-order valence-electron chi connectivity index (χ2n) is 2.22. The summed E-state index contributed by atoms with van der Waals surface area (Å²) in [5.74, 6) is 0. The van der Waals surface area contributed by atoms with Gasteiger partial charge in [0.2, 0.25) is 0 Å². The van der Waals surface area contributed by atoms with Crippen molar-refractivity contribution in [1.29, 1.82) is 0 Å². The van der Waals surface area contributed by atoms with Crippen molar-refractivity contribution in [3.8, 4) is 0 Å². The number of rotatable bonds is 6. The van der Waals surface area contributed by atoms with E-state index < -0.39 is 0 Å². The Morgan fingerprint density at radius 1 is 1.00 bits per heavy atom. The van der Waals surface area contributed by atoms with Crippen LogP contribution >= 0.6 is 0 Å². The molecule has 68 valence electrons. The van der Waals surface area contributed by atoms with E-state index in [-0.39, 0.29) is 32.7 Å². The lowest BCUT2D eigenvalue weighted by atomic mass is 10.2. The molecule has 0 radical (unpaired) electrons. The Hall–Kier alpha value is -0.200. The zero-order valence-electron chi connectivity index (χ0n) is 6.35. The van der Waals surface area contributed by atoms with Gasteiger partial charge in [-0.3, -0.25) is 4.90 Å². The van der Waals surface area contributed by atoms with E-state index in [1.54, 1.807) is 0 Å². The summed E-state index contributed by atoms with van der Waals surface area (Å²) in [6, 6.07) is -0.366. The zero-order valence-corrected chi connectivity index (χ0v) is 6.35. The maximum absolute atomic E-state index is 8.71. The molecule has 11 heavy (non-hydrogen) atoms. The molecule has 0 saturated carbocycles. The van der Waals surface area contributed by atoms with Crippen molar-refractivity contribution in [2.75, 3.05) is 26.7 Å². The van der Waals surface area contributed by atoms with Gasteiger partial charge in [0.1, 0.15) is 0 Å². The molecule has 0 fully saturated rings. The molecule has 5 nitrogen and oxygen atoms in total. The SMILES string of the molecule is OCCC(CO)N(CO)CO. The molecule has 0 bridgehead atoms. The summed E-state index contributed by atoms with van der Waals surface area (Å²) in [6.07, 6.45) is 0.345. The van der Waals surface area contributed by atoms with Crippen LogP contribution in [0, 0.1) is 0 Å². The van der Waals surface area contributed by atoms with Crippen LogP contribution in [0.25, 0.3) is 0 Å². The van der Waals surface area contributed by atoms with Gasteiger partial charge in [0.25, 0.3) is 0 Å². The summed E-state index contributed by atoms with van der Waals surface area (Å²) in [4.78, 5) is 1.26. The van der Waals surface area contributed by atoms with Crippen molar-refractivity contribution in [3.63, 3.8) is 0 Å². The van der Waals surface area contributed by atoms with E-state index >= 15 is 0 Å². The fourth-order valence-electron chi connectivity index (χ4n) is 0.814. The molecule has 5 heteroatoms. The first kappa shape index (κ1) is 10.8. The molecule has 0 amide bonds. The summed E-state index contributed by atoms with van der Waals surface area (Å²) in [7, 11) is 0. The second-order valence-corrected chi connectivity index (χ2v) is 2.22. The van der Waals surface area contributed by atoms with Gasteiger partial charge in [0.15, 0.2) is 0 Å². The van der Waals surface area contributed by atoms with Gasteiger partial charge in [-0.2, -0.15) is 0 Å². The Kier molecular flexibility index (Phi) is 6.39. The normalized spacial score (nSPS) is 13.9. The molecule has 0 heterocycles. The van der Waals surface area contributed by atoms with Crippen LogP contribution in [-0.2, 0) is 0 Å². The minimum absolute atomic E-state index is 0.0677. The van der Waals surface area contributed by atoms with Crippen LogP contribution in [0.3, 0.4) is 0 Å². The van der Waals surface area contributed by atoms with Crippen molar-refractivity contribution >= 4 is 0 Å². The van der Waals surface area contributed by atoms with E-state index in [0.717, 1.165) is 0 Å². The summed E-state index contributed by atoms with van der Waals surface area (Å²) in [6.45, 7) is -0.882. The summed E-state index contributed by atoms with van der Waals surface area (Å²) < 4.78 is 0. The van der Waals surface area contributed by atoms with Gasteiger partial charge < -0.3 is 20.4 Å². The summed E-state index contributed by atoms with van der Waals surface area (Å²) in [5, 5.41) is 34.5. The highest BCUT2D eigenvalue weighted by molar-refractivity contribution is 4.64. The minimum atomic E-state index is -0.366. The molecule has 0 rings (SSSR count). The van der Waals surface area contributed by atoms with Gasteiger partial charge >= 0.3 is 0 Å². The van der Waals surface area contributed by atoms with Gasteiger partial charge in [-0.25, -0.2) is 0 Å². The van der Waals surface area contributed by atoms with Crippen molar-refractivity contribution in [1.82, 2.24) is 4.90 Å². The van der Waals surface area contributed by atoms with Crippen molar-refractivity contribution < 1.29 is 20.4 Å². The third-order valence-corrected chi connectivity index (χ3v) is 1.55. The van der Waals surface area contributed by atoms with Crippen LogP contribution < -0.4 is 0 Å². The highest BCUT2D eigenvalue weighted by Crippen LogP contribution is 2.00.